The summed E-state index contributed by atoms with van der Waals surface area (Å²) in [5.74, 6) is -2.20. The molecule has 1 unspecified atom stereocenters. The zero-order chi connectivity index (χ0) is 19.9. The number of aliphatic hydroxyl groups excluding tert-OH is 2. The van der Waals surface area contributed by atoms with Gasteiger partial charge < -0.3 is 14.9 Å². The maximum absolute atomic E-state index is 12.0. The SMILES string of the molecule is Cc1ccc(-c2ccc(C3(c4ccccc4)OC(=O)C(O)=C3O)cc2)c(C)c1. The third kappa shape index (κ3) is 2.65. The third-order valence-corrected chi connectivity index (χ3v) is 5.16. The normalized spacial score (nSPS) is 19.0. The predicted molar refractivity (Wildman–Crippen MR) is 107 cm³/mol. The predicted octanol–water partition coefficient (Wildman–Crippen LogP) is 5.10. The molecule has 0 saturated carbocycles. The minimum absolute atomic E-state index is 0.497. The fraction of sp³-hybridized carbons (Fsp3) is 0.125. The fourth-order valence-corrected chi connectivity index (χ4v) is 3.75. The molecular formula is C24H20O4. The summed E-state index contributed by atoms with van der Waals surface area (Å²) in [6, 6.07) is 22.6. The Hall–Kier alpha value is -3.53. The summed E-state index contributed by atoms with van der Waals surface area (Å²) in [7, 11) is 0. The number of aliphatic hydroxyl groups is 2. The van der Waals surface area contributed by atoms with Crippen LogP contribution >= 0.6 is 0 Å². The molecule has 3 aromatic carbocycles. The number of ether oxygens (including phenoxy) is 1. The lowest BCUT2D eigenvalue weighted by Gasteiger charge is -2.29. The quantitative estimate of drug-likeness (QED) is 0.628. The average Bonchev–Trinajstić information content (AvgIpc) is 2.94. The fourth-order valence-electron chi connectivity index (χ4n) is 3.75. The number of rotatable bonds is 3. The molecule has 0 aliphatic carbocycles. The van der Waals surface area contributed by atoms with Crippen molar-refractivity contribution in [3.63, 3.8) is 0 Å². The minimum Gasteiger partial charge on any atom is -0.504 e. The number of hydrogen-bond acceptors (Lipinski definition) is 4. The van der Waals surface area contributed by atoms with Crippen molar-refractivity contribution in [3.8, 4) is 11.1 Å². The Morgan fingerprint density at radius 2 is 1.46 bits per heavy atom. The molecule has 2 N–H and O–H groups in total. The largest absolute Gasteiger partial charge is 0.504 e. The van der Waals surface area contributed by atoms with Gasteiger partial charge in [-0.25, -0.2) is 4.79 Å². The summed E-state index contributed by atoms with van der Waals surface area (Å²) in [5, 5.41) is 20.6. The molecule has 1 aliphatic heterocycles. The first-order valence-electron chi connectivity index (χ1n) is 9.03. The van der Waals surface area contributed by atoms with Gasteiger partial charge in [-0.05, 0) is 30.5 Å². The molecule has 1 atom stereocenters. The highest BCUT2D eigenvalue weighted by atomic mass is 16.6. The van der Waals surface area contributed by atoms with Gasteiger partial charge >= 0.3 is 5.97 Å². The highest BCUT2D eigenvalue weighted by Crippen LogP contribution is 2.45. The molecule has 0 radical (unpaired) electrons. The second kappa shape index (κ2) is 6.57. The maximum Gasteiger partial charge on any atom is 0.378 e. The number of carbonyl (C=O) groups excluding carboxylic acids is 1. The van der Waals surface area contributed by atoms with Crippen molar-refractivity contribution in [2.24, 2.45) is 0 Å². The van der Waals surface area contributed by atoms with E-state index in [1.807, 2.05) is 30.3 Å². The minimum atomic E-state index is -1.55. The first-order valence-corrected chi connectivity index (χ1v) is 9.03. The van der Waals surface area contributed by atoms with Gasteiger partial charge in [-0.15, -0.1) is 0 Å². The van der Waals surface area contributed by atoms with E-state index in [-0.39, 0.29) is 0 Å². The Morgan fingerprint density at radius 1 is 0.821 bits per heavy atom. The van der Waals surface area contributed by atoms with Crippen molar-refractivity contribution in [3.05, 3.63) is 107 Å². The number of aryl methyl sites for hydroxylation is 2. The van der Waals surface area contributed by atoms with Gasteiger partial charge in [0.15, 0.2) is 5.76 Å². The second-order valence-corrected chi connectivity index (χ2v) is 7.03. The van der Waals surface area contributed by atoms with Gasteiger partial charge in [-0.2, -0.15) is 0 Å². The van der Waals surface area contributed by atoms with E-state index >= 15 is 0 Å². The molecule has 0 saturated heterocycles. The van der Waals surface area contributed by atoms with Gasteiger partial charge in [-0.1, -0.05) is 78.4 Å². The Morgan fingerprint density at radius 3 is 2.04 bits per heavy atom. The Balaban J connectivity index is 1.84. The first kappa shape index (κ1) is 17.9. The van der Waals surface area contributed by atoms with Crippen LogP contribution < -0.4 is 0 Å². The van der Waals surface area contributed by atoms with Crippen molar-refractivity contribution in [2.75, 3.05) is 0 Å². The summed E-state index contributed by atoms with van der Waals surface area (Å²) in [5.41, 5.74) is 4.05. The van der Waals surface area contributed by atoms with Crippen LogP contribution in [0, 0.1) is 13.8 Å². The van der Waals surface area contributed by atoms with Crippen LogP contribution in [0.2, 0.25) is 0 Å². The molecule has 1 aliphatic rings. The summed E-state index contributed by atoms with van der Waals surface area (Å²) in [6.45, 7) is 4.12. The third-order valence-electron chi connectivity index (χ3n) is 5.16. The molecule has 1 heterocycles. The van der Waals surface area contributed by atoms with Gasteiger partial charge in [0.1, 0.15) is 0 Å². The number of hydrogen-bond donors (Lipinski definition) is 2. The van der Waals surface area contributed by atoms with Gasteiger partial charge in [0.05, 0.1) is 0 Å². The molecule has 0 aromatic heterocycles. The van der Waals surface area contributed by atoms with Gasteiger partial charge in [0.2, 0.25) is 11.4 Å². The number of benzene rings is 3. The highest BCUT2D eigenvalue weighted by molar-refractivity contribution is 5.91. The van der Waals surface area contributed by atoms with Crippen LogP contribution in [0.5, 0.6) is 0 Å². The Kier molecular flexibility index (Phi) is 4.19. The highest BCUT2D eigenvalue weighted by Gasteiger charge is 2.51. The Bertz CT molecular complexity index is 1080. The van der Waals surface area contributed by atoms with E-state index < -0.39 is 23.1 Å². The number of cyclic esters (lactones) is 1. The van der Waals surface area contributed by atoms with E-state index in [0.29, 0.717) is 11.1 Å². The van der Waals surface area contributed by atoms with Crippen LogP contribution in [0.3, 0.4) is 0 Å². The van der Waals surface area contributed by atoms with Crippen LogP contribution in [0.25, 0.3) is 11.1 Å². The smallest absolute Gasteiger partial charge is 0.378 e. The van der Waals surface area contributed by atoms with E-state index in [0.717, 1.165) is 11.1 Å². The molecular weight excluding hydrogens is 352 g/mol. The number of esters is 1. The average molecular weight is 372 g/mol. The van der Waals surface area contributed by atoms with E-state index in [2.05, 4.69) is 32.0 Å². The van der Waals surface area contributed by atoms with Crippen LogP contribution in [0.15, 0.2) is 84.3 Å². The molecule has 4 nitrogen and oxygen atoms in total. The van der Waals surface area contributed by atoms with Crippen molar-refractivity contribution in [1.82, 2.24) is 0 Å². The van der Waals surface area contributed by atoms with Gasteiger partial charge in [0.25, 0.3) is 0 Å². The molecule has 4 heteroatoms. The zero-order valence-corrected chi connectivity index (χ0v) is 15.6. The summed E-state index contributed by atoms with van der Waals surface area (Å²) < 4.78 is 5.52. The topological polar surface area (TPSA) is 66.8 Å². The lowest BCUT2D eigenvalue weighted by atomic mass is 9.84. The molecule has 28 heavy (non-hydrogen) atoms. The van der Waals surface area contributed by atoms with Crippen LogP contribution in [0.4, 0.5) is 0 Å². The maximum atomic E-state index is 12.0. The Labute approximate surface area is 163 Å². The number of carbonyl (C=O) groups is 1. The molecule has 0 spiro atoms. The van der Waals surface area contributed by atoms with E-state index in [1.165, 1.54) is 11.1 Å². The summed E-state index contributed by atoms with van der Waals surface area (Å²) in [4.78, 5) is 12.0. The van der Waals surface area contributed by atoms with Crippen molar-refractivity contribution in [2.45, 2.75) is 19.4 Å². The van der Waals surface area contributed by atoms with E-state index in [9.17, 15) is 15.0 Å². The zero-order valence-electron chi connectivity index (χ0n) is 15.6. The second-order valence-electron chi connectivity index (χ2n) is 7.03. The van der Waals surface area contributed by atoms with Gasteiger partial charge in [-0.3, -0.25) is 0 Å². The molecule has 4 rings (SSSR count). The van der Waals surface area contributed by atoms with E-state index in [1.54, 1.807) is 24.3 Å². The van der Waals surface area contributed by atoms with Crippen molar-refractivity contribution in [1.29, 1.82) is 0 Å². The van der Waals surface area contributed by atoms with E-state index in [4.69, 9.17) is 4.74 Å². The first-order chi connectivity index (χ1) is 13.4. The monoisotopic (exact) mass is 372 g/mol. The standard InChI is InChI=1S/C24H20O4/c1-15-8-13-20(16(2)14-15)17-9-11-19(12-10-17)24(18-6-4-3-5-7-18)22(26)21(25)23(27)28-24/h3-14,25-26H,1-2H3. The van der Waals surface area contributed by atoms with Crippen LogP contribution in [0.1, 0.15) is 22.3 Å². The van der Waals surface area contributed by atoms with Crippen molar-refractivity contribution < 1.29 is 19.7 Å². The summed E-state index contributed by atoms with van der Waals surface area (Å²) in [6.07, 6.45) is 0. The lowest BCUT2D eigenvalue weighted by molar-refractivity contribution is -0.147. The van der Waals surface area contributed by atoms with Crippen LogP contribution in [-0.4, -0.2) is 16.2 Å². The molecule has 0 amide bonds. The molecule has 0 fully saturated rings. The molecule has 0 bridgehead atoms. The van der Waals surface area contributed by atoms with Crippen LogP contribution in [-0.2, 0) is 15.1 Å². The molecule has 3 aromatic rings. The van der Waals surface area contributed by atoms with Crippen molar-refractivity contribution >= 4 is 5.97 Å². The summed E-state index contributed by atoms with van der Waals surface area (Å²) >= 11 is 0. The van der Waals surface area contributed by atoms with Gasteiger partial charge in [0, 0.05) is 11.1 Å². The molecule has 140 valence electrons. The lowest BCUT2D eigenvalue weighted by Crippen LogP contribution is -2.30.